The highest BCUT2D eigenvalue weighted by molar-refractivity contribution is 8.01. The molecule has 0 aromatic heterocycles. The molecule has 1 N–H and O–H groups in total. The van der Waals surface area contributed by atoms with Crippen molar-refractivity contribution in [1.29, 1.82) is 0 Å². The van der Waals surface area contributed by atoms with Crippen molar-refractivity contribution < 1.29 is 24.0 Å². The van der Waals surface area contributed by atoms with E-state index in [1.165, 1.54) is 19.1 Å². The third-order valence-corrected chi connectivity index (χ3v) is 8.65. The Morgan fingerprint density at radius 2 is 1.41 bits per heavy atom. The lowest BCUT2D eigenvalue weighted by atomic mass is 9.83. The number of benzene rings is 3. The van der Waals surface area contributed by atoms with Gasteiger partial charge in [-0.05, 0) is 16.7 Å². The largest absolute Gasteiger partial charge is 0.459 e. The van der Waals surface area contributed by atoms with E-state index in [1.54, 1.807) is 11.8 Å². The number of carbonyl (C=O) groups excluding carboxylic acids is 3. The van der Waals surface area contributed by atoms with Crippen molar-refractivity contribution in [1.82, 2.24) is 10.4 Å². The van der Waals surface area contributed by atoms with Crippen molar-refractivity contribution in [2.45, 2.75) is 35.6 Å². The van der Waals surface area contributed by atoms with Crippen LogP contribution in [-0.4, -0.2) is 47.5 Å². The standard InChI is InChI=1S/C29H28N2O5S/c1-19(32)36-26(23-18-24(33)31(23)35-2)25-27(34)30-28(25)37-29(20-12-6-3-7-13-20,21-14-8-4-9-15-21)22-16-10-5-11-17-22/h3-17,23,25-26,28H,18H2,1-2H3,(H,30,34)/t23-,25?,26?,28?/m1/s1. The second-order valence-electron chi connectivity index (χ2n) is 9.10. The minimum absolute atomic E-state index is 0.147. The zero-order valence-corrected chi connectivity index (χ0v) is 21.4. The first-order chi connectivity index (χ1) is 18.0. The minimum Gasteiger partial charge on any atom is -0.459 e. The maximum Gasteiger partial charge on any atom is 0.303 e. The summed E-state index contributed by atoms with van der Waals surface area (Å²) in [6.07, 6.45) is -0.685. The van der Waals surface area contributed by atoms with Crippen LogP contribution in [0.25, 0.3) is 0 Å². The van der Waals surface area contributed by atoms with Gasteiger partial charge in [0, 0.05) is 6.92 Å². The summed E-state index contributed by atoms with van der Waals surface area (Å²) >= 11 is 1.60. The molecule has 37 heavy (non-hydrogen) atoms. The highest BCUT2D eigenvalue weighted by Gasteiger charge is 2.57. The summed E-state index contributed by atoms with van der Waals surface area (Å²) in [5, 5.41) is 3.84. The maximum absolute atomic E-state index is 13.0. The van der Waals surface area contributed by atoms with Crippen LogP contribution < -0.4 is 5.32 Å². The van der Waals surface area contributed by atoms with Gasteiger partial charge in [-0.25, -0.2) is 5.06 Å². The number of rotatable bonds is 9. The molecule has 3 unspecified atom stereocenters. The van der Waals surface area contributed by atoms with Gasteiger partial charge in [0.25, 0.3) is 0 Å². The number of amides is 2. The Kier molecular flexibility index (Phi) is 7.04. The normalized spacial score (nSPS) is 21.9. The van der Waals surface area contributed by atoms with Crippen molar-refractivity contribution in [3.8, 4) is 0 Å². The third-order valence-electron chi connectivity index (χ3n) is 6.92. The molecule has 0 saturated carbocycles. The summed E-state index contributed by atoms with van der Waals surface area (Å²) in [5.41, 5.74) is 3.16. The van der Waals surface area contributed by atoms with E-state index < -0.39 is 34.2 Å². The Labute approximate surface area is 220 Å². The molecule has 3 aromatic carbocycles. The first-order valence-electron chi connectivity index (χ1n) is 12.1. The Hall–Kier alpha value is -3.62. The van der Waals surface area contributed by atoms with Gasteiger partial charge < -0.3 is 10.1 Å². The molecule has 3 aromatic rings. The fourth-order valence-corrected chi connectivity index (χ4v) is 7.00. The molecule has 2 saturated heterocycles. The molecular formula is C29H28N2O5S. The molecule has 4 atom stereocenters. The SMILES string of the molecule is CON1C(=O)C[C@@H]1C(OC(C)=O)C1C(=O)NC1SC(c1ccccc1)(c1ccccc1)c1ccccc1. The van der Waals surface area contributed by atoms with Crippen LogP contribution in [0.2, 0.25) is 0 Å². The van der Waals surface area contributed by atoms with E-state index in [-0.39, 0.29) is 18.2 Å². The van der Waals surface area contributed by atoms with E-state index in [1.807, 2.05) is 54.6 Å². The number of esters is 1. The van der Waals surface area contributed by atoms with Crippen LogP contribution in [0.1, 0.15) is 30.0 Å². The van der Waals surface area contributed by atoms with Gasteiger partial charge in [-0.15, -0.1) is 11.8 Å². The van der Waals surface area contributed by atoms with E-state index in [9.17, 15) is 14.4 Å². The second kappa shape index (κ2) is 10.4. The molecule has 2 fully saturated rings. The number of β-lactam (4-membered cyclic amide) rings is 2. The summed E-state index contributed by atoms with van der Waals surface area (Å²) in [7, 11) is 1.40. The minimum atomic E-state index is -0.832. The number of ether oxygens (including phenoxy) is 1. The molecule has 0 radical (unpaired) electrons. The van der Waals surface area contributed by atoms with Gasteiger partial charge in [-0.1, -0.05) is 91.0 Å². The Balaban J connectivity index is 1.59. The van der Waals surface area contributed by atoms with Crippen molar-refractivity contribution in [3.63, 3.8) is 0 Å². The number of nitrogens with zero attached hydrogens (tertiary/aromatic N) is 1. The average molecular weight is 517 g/mol. The number of thioether (sulfide) groups is 1. The van der Waals surface area contributed by atoms with Gasteiger partial charge in [0.1, 0.15) is 18.1 Å². The molecule has 2 aliphatic heterocycles. The average Bonchev–Trinajstić information content (AvgIpc) is 2.90. The highest BCUT2D eigenvalue weighted by atomic mass is 32.2. The fraction of sp³-hybridized carbons (Fsp3) is 0.276. The summed E-state index contributed by atoms with van der Waals surface area (Å²) in [6.45, 7) is 1.31. The predicted octanol–water partition coefficient (Wildman–Crippen LogP) is 3.88. The molecule has 8 heteroatoms. The fourth-order valence-electron chi connectivity index (χ4n) is 5.20. The van der Waals surface area contributed by atoms with Crippen LogP contribution in [0.3, 0.4) is 0 Å². The van der Waals surface area contributed by atoms with Crippen LogP contribution in [0.5, 0.6) is 0 Å². The van der Waals surface area contributed by atoms with Crippen LogP contribution >= 0.6 is 11.8 Å². The lowest BCUT2D eigenvalue weighted by molar-refractivity contribution is -0.237. The van der Waals surface area contributed by atoms with Gasteiger partial charge in [0.05, 0.1) is 23.7 Å². The van der Waals surface area contributed by atoms with Gasteiger partial charge >= 0.3 is 5.97 Å². The number of nitrogens with one attached hydrogen (secondary N) is 1. The molecule has 2 heterocycles. The molecule has 0 bridgehead atoms. The Morgan fingerprint density at radius 3 is 1.78 bits per heavy atom. The summed E-state index contributed by atoms with van der Waals surface area (Å²) in [4.78, 5) is 42.4. The van der Waals surface area contributed by atoms with Crippen LogP contribution in [0, 0.1) is 5.92 Å². The number of carbonyl (C=O) groups is 3. The molecule has 0 spiro atoms. The third kappa shape index (κ3) is 4.51. The van der Waals surface area contributed by atoms with Crippen molar-refractivity contribution >= 4 is 29.5 Å². The molecule has 7 nitrogen and oxygen atoms in total. The maximum atomic E-state index is 13.0. The van der Waals surface area contributed by atoms with Gasteiger partial charge in [0.2, 0.25) is 11.8 Å². The summed E-state index contributed by atoms with van der Waals surface area (Å²) < 4.78 is 5.01. The molecule has 2 amide bonds. The first kappa shape index (κ1) is 25.0. The predicted molar refractivity (Wildman–Crippen MR) is 140 cm³/mol. The summed E-state index contributed by atoms with van der Waals surface area (Å²) in [6, 6.07) is 30.0. The van der Waals surface area contributed by atoms with Crippen LogP contribution in [-0.2, 0) is 28.7 Å². The van der Waals surface area contributed by atoms with Crippen LogP contribution in [0.15, 0.2) is 91.0 Å². The van der Waals surface area contributed by atoms with Gasteiger partial charge in [0.15, 0.2) is 0 Å². The Morgan fingerprint density at radius 1 is 0.919 bits per heavy atom. The lowest BCUT2D eigenvalue weighted by Gasteiger charge is -2.50. The van der Waals surface area contributed by atoms with Crippen molar-refractivity contribution in [3.05, 3.63) is 108 Å². The second-order valence-corrected chi connectivity index (χ2v) is 10.5. The quantitative estimate of drug-likeness (QED) is 0.264. The topological polar surface area (TPSA) is 84.9 Å². The molecule has 0 aliphatic carbocycles. The molecular weight excluding hydrogens is 488 g/mol. The Bertz CT molecular complexity index is 1170. The number of hydroxylamine groups is 2. The van der Waals surface area contributed by atoms with Crippen molar-refractivity contribution in [2.75, 3.05) is 7.11 Å². The zero-order chi connectivity index (χ0) is 26.0. The van der Waals surface area contributed by atoms with Gasteiger partial charge in [-0.3, -0.25) is 19.2 Å². The monoisotopic (exact) mass is 516 g/mol. The summed E-state index contributed by atoms with van der Waals surface area (Å²) in [5.74, 6) is -1.60. The van der Waals surface area contributed by atoms with E-state index >= 15 is 0 Å². The zero-order valence-electron chi connectivity index (χ0n) is 20.6. The van der Waals surface area contributed by atoms with E-state index in [0.29, 0.717) is 0 Å². The van der Waals surface area contributed by atoms with Gasteiger partial charge in [-0.2, -0.15) is 0 Å². The van der Waals surface area contributed by atoms with E-state index in [0.717, 1.165) is 16.7 Å². The van der Waals surface area contributed by atoms with E-state index in [4.69, 9.17) is 9.57 Å². The molecule has 5 rings (SSSR count). The smallest absolute Gasteiger partial charge is 0.303 e. The first-order valence-corrected chi connectivity index (χ1v) is 13.0. The van der Waals surface area contributed by atoms with Crippen LogP contribution in [0.4, 0.5) is 0 Å². The number of hydrogen-bond donors (Lipinski definition) is 1. The highest BCUT2D eigenvalue weighted by Crippen LogP contribution is 2.53. The molecule has 2 aliphatic rings. The van der Waals surface area contributed by atoms with Crippen molar-refractivity contribution in [2.24, 2.45) is 5.92 Å². The lowest BCUT2D eigenvalue weighted by Crippen LogP contribution is -2.69. The molecule has 190 valence electrons. The number of hydrogen-bond acceptors (Lipinski definition) is 6. The van der Waals surface area contributed by atoms with E-state index in [2.05, 4.69) is 41.7 Å².